The van der Waals surface area contributed by atoms with Crippen LogP contribution >= 0.6 is 23.1 Å². The maximum absolute atomic E-state index is 12.3. The minimum absolute atomic E-state index is 0.0604. The third-order valence-electron chi connectivity index (χ3n) is 4.47. The van der Waals surface area contributed by atoms with Crippen molar-refractivity contribution in [2.45, 2.75) is 35.5 Å². The van der Waals surface area contributed by atoms with Crippen molar-refractivity contribution in [3.63, 3.8) is 0 Å². The molecular formula is C17H16N6O2S2. The molecule has 0 bridgehead atoms. The van der Waals surface area contributed by atoms with Gasteiger partial charge in [0.25, 0.3) is 5.56 Å². The van der Waals surface area contributed by atoms with Crippen LogP contribution in [0.1, 0.15) is 35.1 Å². The first-order valence-electron chi connectivity index (χ1n) is 8.35. The quantitative estimate of drug-likeness (QED) is 0.605. The molecule has 3 aromatic heterocycles. The maximum atomic E-state index is 12.3. The first kappa shape index (κ1) is 17.8. The summed E-state index contributed by atoms with van der Waals surface area (Å²) in [5.41, 5.74) is -1.13. The van der Waals surface area contributed by atoms with Crippen molar-refractivity contribution in [2.24, 2.45) is 14.1 Å². The zero-order valence-electron chi connectivity index (χ0n) is 14.7. The van der Waals surface area contributed by atoms with E-state index < -0.39 is 11.2 Å². The molecular weight excluding hydrogens is 384 g/mol. The van der Waals surface area contributed by atoms with Gasteiger partial charge in [0, 0.05) is 31.4 Å². The average Bonchev–Trinajstić information content (AvgIpc) is 3.22. The zero-order chi connectivity index (χ0) is 19.1. The fourth-order valence-electron chi connectivity index (χ4n) is 2.89. The Bertz CT molecular complexity index is 1160. The van der Waals surface area contributed by atoms with Crippen LogP contribution in [0, 0.1) is 11.3 Å². The van der Waals surface area contributed by atoms with Crippen LogP contribution in [0.2, 0.25) is 0 Å². The molecule has 0 aliphatic heterocycles. The van der Waals surface area contributed by atoms with E-state index in [1.165, 1.54) is 16.5 Å². The van der Waals surface area contributed by atoms with E-state index in [1.54, 1.807) is 18.4 Å². The molecule has 1 aliphatic rings. The molecule has 1 aliphatic carbocycles. The standard InChI is InChI=1S/C17H16N6O2S2/c1-21-14(24)12(9-18)15(22(2)17(21)25)27-16-20-19-13(23(16)10-5-6-10)8-11-4-3-7-26-11/h3-4,7,10H,5-6,8H2,1-2H3. The normalized spacial score (nSPS) is 13.7. The second kappa shape index (κ2) is 6.83. The first-order valence-corrected chi connectivity index (χ1v) is 10.0. The van der Waals surface area contributed by atoms with E-state index in [0.717, 1.165) is 35.0 Å². The van der Waals surface area contributed by atoms with Crippen LogP contribution in [0.15, 0.2) is 37.3 Å². The first-order chi connectivity index (χ1) is 13.0. The van der Waals surface area contributed by atoms with E-state index in [4.69, 9.17) is 0 Å². The Labute approximate surface area is 162 Å². The summed E-state index contributed by atoms with van der Waals surface area (Å²) >= 11 is 2.82. The van der Waals surface area contributed by atoms with E-state index in [-0.39, 0.29) is 5.56 Å². The molecule has 0 aromatic carbocycles. The van der Waals surface area contributed by atoms with Gasteiger partial charge in [0.1, 0.15) is 22.5 Å². The Morgan fingerprint density at radius 1 is 1.30 bits per heavy atom. The summed E-state index contributed by atoms with van der Waals surface area (Å²) in [4.78, 5) is 25.8. The Kier molecular flexibility index (Phi) is 4.49. The van der Waals surface area contributed by atoms with E-state index in [2.05, 4.69) is 20.8 Å². The van der Waals surface area contributed by atoms with Crippen molar-refractivity contribution in [3.8, 4) is 6.07 Å². The maximum Gasteiger partial charge on any atom is 0.331 e. The zero-order valence-corrected chi connectivity index (χ0v) is 16.4. The highest BCUT2D eigenvalue weighted by Gasteiger charge is 2.31. The van der Waals surface area contributed by atoms with Crippen LogP contribution in [-0.2, 0) is 20.5 Å². The van der Waals surface area contributed by atoms with Gasteiger partial charge in [-0.25, -0.2) is 4.79 Å². The smallest absolute Gasteiger partial charge is 0.302 e. The highest BCUT2D eigenvalue weighted by molar-refractivity contribution is 7.99. The molecule has 4 rings (SSSR count). The minimum Gasteiger partial charge on any atom is -0.302 e. The molecule has 0 unspecified atom stereocenters. The SMILES string of the molecule is Cn1c(Sc2nnc(Cc3cccs3)n2C2CC2)c(C#N)c(=O)n(C)c1=O. The molecule has 1 fully saturated rings. The Morgan fingerprint density at radius 3 is 2.70 bits per heavy atom. The van der Waals surface area contributed by atoms with Crippen molar-refractivity contribution in [3.05, 3.63) is 54.6 Å². The highest BCUT2D eigenvalue weighted by Crippen LogP contribution is 2.40. The number of thiophene rings is 1. The number of hydrogen-bond acceptors (Lipinski definition) is 7. The van der Waals surface area contributed by atoms with Crippen LogP contribution in [-0.4, -0.2) is 23.9 Å². The molecule has 1 saturated carbocycles. The number of nitrogens with zero attached hydrogens (tertiary/aromatic N) is 6. The predicted molar refractivity (Wildman–Crippen MR) is 101 cm³/mol. The second-order valence-electron chi connectivity index (χ2n) is 6.36. The summed E-state index contributed by atoms with van der Waals surface area (Å²) < 4.78 is 4.33. The van der Waals surface area contributed by atoms with Crippen LogP contribution in [0.5, 0.6) is 0 Å². The molecule has 8 nitrogen and oxygen atoms in total. The van der Waals surface area contributed by atoms with Gasteiger partial charge in [0.15, 0.2) is 5.16 Å². The number of rotatable bonds is 5. The van der Waals surface area contributed by atoms with Gasteiger partial charge < -0.3 is 4.57 Å². The van der Waals surface area contributed by atoms with Gasteiger partial charge in [-0.05, 0) is 36.0 Å². The van der Waals surface area contributed by atoms with E-state index in [1.807, 2.05) is 17.5 Å². The second-order valence-corrected chi connectivity index (χ2v) is 8.34. The third-order valence-corrected chi connectivity index (χ3v) is 6.48. The average molecular weight is 400 g/mol. The van der Waals surface area contributed by atoms with E-state index in [0.29, 0.717) is 22.6 Å². The Balaban J connectivity index is 1.78. The lowest BCUT2D eigenvalue weighted by Crippen LogP contribution is -2.39. The minimum atomic E-state index is -0.598. The van der Waals surface area contributed by atoms with Gasteiger partial charge in [-0.2, -0.15) is 5.26 Å². The molecule has 0 atom stereocenters. The third kappa shape index (κ3) is 3.13. The molecule has 138 valence electrons. The topological polar surface area (TPSA) is 98.5 Å². The van der Waals surface area contributed by atoms with Crippen molar-refractivity contribution in [1.82, 2.24) is 23.9 Å². The predicted octanol–water partition coefficient (Wildman–Crippen LogP) is 1.69. The summed E-state index contributed by atoms with van der Waals surface area (Å²) in [7, 11) is 2.92. The number of nitriles is 1. The Morgan fingerprint density at radius 2 is 2.07 bits per heavy atom. The molecule has 10 heteroatoms. The summed E-state index contributed by atoms with van der Waals surface area (Å²) in [5.74, 6) is 0.856. The van der Waals surface area contributed by atoms with E-state index >= 15 is 0 Å². The van der Waals surface area contributed by atoms with Gasteiger partial charge in [-0.3, -0.25) is 13.9 Å². The lowest BCUT2D eigenvalue weighted by molar-refractivity contribution is 0.618. The summed E-state index contributed by atoms with van der Waals surface area (Å²) in [6.45, 7) is 0. The highest BCUT2D eigenvalue weighted by atomic mass is 32.2. The van der Waals surface area contributed by atoms with Crippen LogP contribution in [0.4, 0.5) is 0 Å². The van der Waals surface area contributed by atoms with E-state index in [9.17, 15) is 14.9 Å². The largest absolute Gasteiger partial charge is 0.331 e. The molecule has 0 amide bonds. The molecule has 0 radical (unpaired) electrons. The number of aromatic nitrogens is 5. The van der Waals surface area contributed by atoms with Crippen molar-refractivity contribution in [1.29, 1.82) is 5.26 Å². The lowest BCUT2D eigenvalue weighted by Gasteiger charge is -2.12. The van der Waals surface area contributed by atoms with Crippen molar-refractivity contribution in [2.75, 3.05) is 0 Å². The van der Waals surface area contributed by atoms with Crippen LogP contribution in [0.3, 0.4) is 0 Å². The van der Waals surface area contributed by atoms with Gasteiger partial charge in [-0.15, -0.1) is 21.5 Å². The van der Waals surface area contributed by atoms with Gasteiger partial charge in [0.05, 0.1) is 0 Å². The van der Waals surface area contributed by atoms with Gasteiger partial charge in [-0.1, -0.05) is 6.07 Å². The molecule has 0 saturated heterocycles. The van der Waals surface area contributed by atoms with Crippen LogP contribution < -0.4 is 11.2 Å². The Hall–Kier alpha value is -2.64. The van der Waals surface area contributed by atoms with Gasteiger partial charge in [0.2, 0.25) is 0 Å². The lowest BCUT2D eigenvalue weighted by atomic mass is 10.3. The monoisotopic (exact) mass is 400 g/mol. The fourth-order valence-corrected chi connectivity index (χ4v) is 4.65. The summed E-state index contributed by atoms with van der Waals surface area (Å²) in [6, 6.07) is 6.32. The fraction of sp³-hybridized carbons (Fsp3) is 0.353. The number of hydrogen-bond donors (Lipinski definition) is 0. The molecule has 0 spiro atoms. The summed E-state index contributed by atoms with van der Waals surface area (Å²) in [6.07, 6.45) is 2.77. The van der Waals surface area contributed by atoms with Crippen LogP contribution in [0.25, 0.3) is 0 Å². The van der Waals surface area contributed by atoms with Crippen molar-refractivity contribution >= 4 is 23.1 Å². The molecule has 0 N–H and O–H groups in total. The van der Waals surface area contributed by atoms with Gasteiger partial charge >= 0.3 is 5.69 Å². The molecule has 3 aromatic rings. The molecule has 27 heavy (non-hydrogen) atoms. The summed E-state index contributed by atoms with van der Waals surface area (Å²) in [5, 5.41) is 21.0. The molecule has 3 heterocycles. The van der Waals surface area contributed by atoms with Crippen molar-refractivity contribution < 1.29 is 0 Å².